The number of allylic oxidation sites excluding steroid dienone is 1. The second kappa shape index (κ2) is 5.64. The molecule has 1 heterocycles. The zero-order valence-corrected chi connectivity index (χ0v) is 9.76. The molecule has 0 spiro atoms. The van der Waals surface area contributed by atoms with Crippen molar-refractivity contribution in [2.75, 3.05) is 18.9 Å². The third kappa shape index (κ3) is 3.43. The molecule has 0 atom stereocenters. The molecule has 3 nitrogen and oxygen atoms in total. The van der Waals surface area contributed by atoms with Crippen LogP contribution >= 0.6 is 0 Å². The summed E-state index contributed by atoms with van der Waals surface area (Å²) in [5.74, 6) is 0.332. The zero-order valence-electron chi connectivity index (χ0n) is 9.76. The molecule has 0 unspecified atom stereocenters. The standard InChI is InChI=1S/C14H17NO2/c15-13-4-1-11(2-5-13)3-6-14(16)12-7-9-17-10-8-12/h1-6,12H,7-10,15H2/b6-3+. The van der Waals surface area contributed by atoms with Crippen LogP contribution in [0, 0.1) is 5.92 Å². The summed E-state index contributed by atoms with van der Waals surface area (Å²) in [4.78, 5) is 11.9. The van der Waals surface area contributed by atoms with E-state index in [1.54, 1.807) is 6.08 Å². The molecule has 90 valence electrons. The lowest BCUT2D eigenvalue weighted by Crippen LogP contribution is -2.21. The fourth-order valence-corrected chi connectivity index (χ4v) is 1.90. The Morgan fingerprint density at radius 2 is 1.88 bits per heavy atom. The molecule has 1 aliphatic rings. The molecule has 0 saturated carbocycles. The summed E-state index contributed by atoms with van der Waals surface area (Å²) in [6.07, 6.45) is 5.19. The predicted octanol–water partition coefficient (Wildman–Crippen LogP) is 2.28. The molecule has 3 heteroatoms. The summed E-state index contributed by atoms with van der Waals surface area (Å²) < 4.78 is 5.24. The van der Waals surface area contributed by atoms with Crippen LogP contribution in [0.25, 0.3) is 6.08 Å². The predicted molar refractivity (Wildman–Crippen MR) is 68.4 cm³/mol. The van der Waals surface area contributed by atoms with Gasteiger partial charge in [0.05, 0.1) is 0 Å². The van der Waals surface area contributed by atoms with Gasteiger partial charge in [0.1, 0.15) is 0 Å². The molecule has 1 aromatic rings. The van der Waals surface area contributed by atoms with E-state index in [1.165, 1.54) is 0 Å². The second-order valence-electron chi connectivity index (χ2n) is 4.29. The average Bonchev–Trinajstić information content (AvgIpc) is 2.39. The largest absolute Gasteiger partial charge is 0.399 e. The van der Waals surface area contributed by atoms with Crippen LogP contribution < -0.4 is 5.73 Å². The number of carbonyl (C=O) groups is 1. The SMILES string of the molecule is Nc1ccc(/C=C/C(=O)C2CCOCC2)cc1. The molecule has 0 radical (unpaired) electrons. The quantitative estimate of drug-likeness (QED) is 0.641. The lowest BCUT2D eigenvalue weighted by atomic mass is 9.95. The molecule has 0 aliphatic carbocycles. The molecule has 0 bridgehead atoms. The number of hydrogen-bond donors (Lipinski definition) is 1. The van der Waals surface area contributed by atoms with Gasteiger partial charge in [-0.25, -0.2) is 0 Å². The van der Waals surface area contributed by atoms with Crippen molar-refractivity contribution < 1.29 is 9.53 Å². The van der Waals surface area contributed by atoms with E-state index in [2.05, 4.69) is 0 Å². The minimum absolute atomic E-state index is 0.133. The maximum absolute atomic E-state index is 11.9. The first-order valence-electron chi connectivity index (χ1n) is 5.91. The topological polar surface area (TPSA) is 52.3 Å². The Hall–Kier alpha value is -1.61. The third-order valence-corrected chi connectivity index (χ3v) is 3.00. The second-order valence-corrected chi connectivity index (χ2v) is 4.29. The highest BCUT2D eigenvalue weighted by molar-refractivity contribution is 5.95. The van der Waals surface area contributed by atoms with Gasteiger partial charge in [-0.1, -0.05) is 18.2 Å². The third-order valence-electron chi connectivity index (χ3n) is 3.00. The normalized spacial score (nSPS) is 17.4. The Morgan fingerprint density at radius 3 is 2.53 bits per heavy atom. The number of benzene rings is 1. The van der Waals surface area contributed by atoms with Crippen molar-refractivity contribution in [3.8, 4) is 0 Å². The number of nitrogens with two attached hydrogens (primary N) is 1. The Balaban J connectivity index is 1.95. The van der Waals surface area contributed by atoms with Crippen LogP contribution in [0.3, 0.4) is 0 Å². The van der Waals surface area contributed by atoms with E-state index in [-0.39, 0.29) is 11.7 Å². The molecule has 1 aliphatic heterocycles. The molecule has 2 rings (SSSR count). The van der Waals surface area contributed by atoms with Crippen LogP contribution in [-0.2, 0) is 9.53 Å². The van der Waals surface area contributed by atoms with E-state index < -0.39 is 0 Å². The van der Waals surface area contributed by atoms with E-state index >= 15 is 0 Å². The molecule has 17 heavy (non-hydrogen) atoms. The number of nitrogen functional groups attached to an aromatic ring is 1. The number of ketones is 1. The van der Waals surface area contributed by atoms with Gasteiger partial charge in [-0.05, 0) is 36.6 Å². The van der Waals surface area contributed by atoms with E-state index in [0.29, 0.717) is 13.2 Å². The highest BCUT2D eigenvalue weighted by atomic mass is 16.5. The molecule has 1 saturated heterocycles. The number of carbonyl (C=O) groups excluding carboxylic acids is 1. The maximum Gasteiger partial charge on any atom is 0.158 e. The summed E-state index contributed by atoms with van der Waals surface area (Å²) in [5, 5.41) is 0. The summed E-state index contributed by atoms with van der Waals surface area (Å²) in [6.45, 7) is 1.40. The van der Waals surface area contributed by atoms with Gasteiger partial charge in [0.15, 0.2) is 5.78 Å². The fourth-order valence-electron chi connectivity index (χ4n) is 1.90. The van der Waals surface area contributed by atoms with Gasteiger partial charge < -0.3 is 10.5 Å². The summed E-state index contributed by atoms with van der Waals surface area (Å²) >= 11 is 0. The Morgan fingerprint density at radius 1 is 1.24 bits per heavy atom. The summed E-state index contributed by atoms with van der Waals surface area (Å²) in [7, 11) is 0. The number of anilines is 1. The smallest absolute Gasteiger partial charge is 0.158 e. The zero-order chi connectivity index (χ0) is 12.1. The summed E-state index contributed by atoms with van der Waals surface area (Å²) in [6, 6.07) is 7.48. The van der Waals surface area contributed by atoms with Gasteiger partial charge in [0.25, 0.3) is 0 Å². The van der Waals surface area contributed by atoms with Crippen LogP contribution in [0.2, 0.25) is 0 Å². The van der Waals surface area contributed by atoms with Crippen molar-refractivity contribution in [3.05, 3.63) is 35.9 Å². The van der Waals surface area contributed by atoms with Gasteiger partial charge >= 0.3 is 0 Å². The van der Waals surface area contributed by atoms with Gasteiger partial charge in [-0.15, -0.1) is 0 Å². The Labute approximate surface area is 101 Å². The summed E-state index contributed by atoms with van der Waals surface area (Å²) in [5.41, 5.74) is 7.33. The minimum atomic E-state index is 0.133. The van der Waals surface area contributed by atoms with Crippen molar-refractivity contribution in [2.24, 2.45) is 5.92 Å². The lowest BCUT2D eigenvalue weighted by Gasteiger charge is -2.19. The van der Waals surface area contributed by atoms with Crippen molar-refractivity contribution >= 4 is 17.5 Å². The molecular formula is C14H17NO2. The van der Waals surface area contributed by atoms with Crippen LogP contribution in [-0.4, -0.2) is 19.0 Å². The number of ether oxygens (including phenoxy) is 1. The van der Waals surface area contributed by atoms with Crippen LogP contribution in [0.1, 0.15) is 18.4 Å². The van der Waals surface area contributed by atoms with Gasteiger partial charge in [0, 0.05) is 24.8 Å². The van der Waals surface area contributed by atoms with Crippen molar-refractivity contribution in [3.63, 3.8) is 0 Å². The Bertz CT molecular complexity index is 403. The molecule has 0 amide bonds. The first-order chi connectivity index (χ1) is 8.25. The van der Waals surface area contributed by atoms with Crippen molar-refractivity contribution in [1.29, 1.82) is 0 Å². The first kappa shape index (κ1) is 11.9. The van der Waals surface area contributed by atoms with Crippen molar-refractivity contribution in [2.45, 2.75) is 12.8 Å². The molecule has 2 N–H and O–H groups in total. The highest BCUT2D eigenvalue weighted by Gasteiger charge is 2.18. The molecule has 0 aromatic heterocycles. The highest BCUT2D eigenvalue weighted by Crippen LogP contribution is 2.17. The first-order valence-corrected chi connectivity index (χ1v) is 5.91. The van der Waals surface area contributed by atoms with E-state index in [0.717, 1.165) is 24.1 Å². The maximum atomic E-state index is 11.9. The van der Waals surface area contributed by atoms with Crippen LogP contribution in [0.4, 0.5) is 5.69 Å². The lowest BCUT2D eigenvalue weighted by molar-refractivity contribution is -0.120. The Kier molecular flexibility index (Phi) is 3.94. The molecule has 1 fully saturated rings. The van der Waals surface area contributed by atoms with Crippen LogP contribution in [0.15, 0.2) is 30.3 Å². The minimum Gasteiger partial charge on any atom is -0.399 e. The molecular weight excluding hydrogens is 214 g/mol. The van der Waals surface area contributed by atoms with Gasteiger partial charge in [0.2, 0.25) is 0 Å². The van der Waals surface area contributed by atoms with Crippen LogP contribution in [0.5, 0.6) is 0 Å². The monoisotopic (exact) mass is 231 g/mol. The van der Waals surface area contributed by atoms with E-state index in [1.807, 2.05) is 30.3 Å². The van der Waals surface area contributed by atoms with Gasteiger partial charge in [-0.2, -0.15) is 0 Å². The number of hydrogen-bond acceptors (Lipinski definition) is 3. The van der Waals surface area contributed by atoms with Crippen molar-refractivity contribution in [1.82, 2.24) is 0 Å². The fraction of sp³-hybridized carbons (Fsp3) is 0.357. The molecule has 1 aromatic carbocycles. The average molecular weight is 231 g/mol. The van der Waals surface area contributed by atoms with Gasteiger partial charge in [-0.3, -0.25) is 4.79 Å². The van der Waals surface area contributed by atoms with E-state index in [4.69, 9.17) is 10.5 Å². The number of rotatable bonds is 3. The van der Waals surface area contributed by atoms with E-state index in [9.17, 15) is 4.79 Å².